The SMILES string of the molecule is CCc1cc(C(=O)c2csc(C)c2)n(CC)n1. The van der Waals surface area contributed by atoms with Crippen molar-refractivity contribution in [3.8, 4) is 0 Å². The van der Waals surface area contributed by atoms with Gasteiger partial charge in [0.25, 0.3) is 0 Å². The zero-order chi connectivity index (χ0) is 12.4. The minimum atomic E-state index is 0.0726. The van der Waals surface area contributed by atoms with Crippen LogP contribution in [-0.2, 0) is 13.0 Å². The van der Waals surface area contributed by atoms with E-state index >= 15 is 0 Å². The maximum Gasteiger partial charge on any atom is 0.211 e. The molecule has 3 nitrogen and oxygen atoms in total. The first kappa shape index (κ1) is 12.0. The van der Waals surface area contributed by atoms with E-state index in [2.05, 4.69) is 5.10 Å². The summed E-state index contributed by atoms with van der Waals surface area (Å²) in [5, 5.41) is 6.31. The molecular formula is C13H16N2OS. The second-order valence-electron chi connectivity index (χ2n) is 3.97. The number of carbonyl (C=O) groups excluding carboxylic acids is 1. The fraction of sp³-hybridized carbons (Fsp3) is 0.385. The van der Waals surface area contributed by atoms with Gasteiger partial charge in [0.15, 0.2) is 0 Å². The highest BCUT2D eigenvalue weighted by Crippen LogP contribution is 2.18. The van der Waals surface area contributed by atoms with E-state index in [0.717, 1.165) is 29.1 Å². The second-order valence-corrected chi connectivity index (χ2v) is 5.08. The molecule has 0 bridgehead atoms. The van der Waals surface area contributed by atoms with Crippen LogP contribution in [-0.4, -0.2) is 15.6 Å². The predicted molar refractivity (Wildman–Crippen MR) is 69.8 cm³/mol. The van der Waals surface area contributed by atoms with Gasteiger partial charge in [-0.1, -0.05) is 6.92 Å². The standard InChI is InChI=1S/C13H16N2OS/c1-4-11-7-12(15(5-2)14-11)13(16)10-6-9(3)17-8-10/h6-8H,4-5H2,1-3H3. The van der Waals surface area contributed by atoms with E-state index in [1.54, 1.807) is 16.0 Å². The number of nitrogens with zero attached hydrogens (tertiary/aromatic N) is 2. The third-order valence-corrected chi connectivity index (χ3v) is 3.58. The van der Waals surface area contributed by atoms with Crippen LogP contribution in [0.25, 0.3) is 0 Å². The molecule has 0 unspecified atom stereocenters. The molecule has 0 N–H and O–H groups in total. The lowest BCUT2D eigenvalue weighted by molar-refractivity contribution is 0.102. The van der Waals surface area contributed by atoms with Crippen molar-refractivity contribution in [2.45, 2.75) is 33.7 Å². The minimum Gasteiger partial charge on any atom is -0.287 e. The van der Waals surface area contributed by atoms with E-state index in [1.165, 1.54) is 0 Å². The molecule has 0 aliphatic carbocycles. The van der Waals surface area contributed by atoms with E-state index in [0.29, 0.717) is 5.69 Å². The summed E-state index contributed by atoms with van der Waals surface area (Å²) in [7, 11) is 0. The lowest BCUT2D eigenvalue weighted by Crippen LogP contribution is -2.09. The van der Waals surface area contributed by atoms with Crippen LogP contribution in [0, 0.1) is 6.92 Å². The molecule has 0 atom stereocenters. The van der Waals surface area contributed by atoms with E-state index in [4.69, 9.17) is 0 Å². The van der Waals surface area contributed by atoms with E-state index in [9.17, 15) is 4.79 Å². The molecule has 2 aromatic rings. The van der Waals surface area contributed by atoms with Crippen LogP contribution < -0.4 is 0 Å². The minimum absolute atomic E-state index is 0.0726. The number of carbonyl (C=O) groups is 1. The smallest absolute Gasteiger partial charge is 0.211 e. The van der Waals surface area contributed by atoms with Gasteiger partial charge < -0.3 is 0 Å². The average molecular weight is 248 g/mol. The van der Waals surface area contributed by atoms with Crippen LogP contribution >= 0.6 is 11.3 Å². The van der Waals surface area contributed by atoms with Crippen molar-refractivity contribution in [1.82, 2.24) is 9.78 Å². The lowest BCUT2D eigenvalue weighted by atomic mass is 10.1. The van der Waals surface area contributed by atoms with Crippen LogP contribution in [0.3, 0.4) is 0 Å². The largest absolute Gasteiger partial charge is 0.287 e. The highest BCUT2D eigenvalue weighted by molar-refractivity contribution is 7.10. The zero-order valence-corrected chi connectivity index (χ0v) is 11.2. The van der Waals surface area contributed by atoms with Gasteiger partial charge in [0.05, 0.1) is 5.69 Å². The lowest BCUT2D eigenvalue weighted by Gasteiger charge is -2.01. The molecule has 0 aromatic carbocycles. The Labute approximate surface area is 105 Å². The van der Waals surface area contributed by atoms with Crippen molar-refractivity contribution in [3.63, 3.8) is 0 Å². The summed E-state index contributed by atoms with van der Waals surface area (Å²) in [4.78, 5) is 13.5. The summed E-state index contributed by atoms with van der Waals surface area (Å²) in [5.41, 5.74) is 2.44. The van der Waals surface area contributed by atoms with Crippen molar-refractivity contribution in [2.75, 3.05) is 0 Å². The molecule has 4 heteroatoms. The molecule has 0 aliphatic heterocycles. The van der Waals surface area contributed by atoms with Crippen LogP contribution in [0.1, 0.15) is 40.5 Å². The first-order valence-electron chi connectivity index (χ1n) is 5.82. The molecule has 2 rings (SSSR count). The summed E-state index contributed by atoms with van der Waals surface area (Å²) < 4.78 is 1.79. The molecule has 0 amide bonds. The second kappa shape index (κ2) is 4.84. The third kappa shape index (κ3) is 2.31. The number of rotatable bonds is 4. The Morgan fingerprint density at radius 3 is 2.71 bits per heavy atom. The number of aromatic nitrogens is 2. The molecule has 0 fully saturated rings. The molecule has 0 saturated heterocycles. The van der Waals surface area contributed by atoms with Gasteiger partial charge in [-0.15, -0.1) is 11.3 Å². The number of aryl methyl sites for hydroxylation is 3. The summed E-state index contributed by atoms with van der Waals surface area (Å²) in [6.45, 7) is 6.79. The van der Waals surface area contributed by atoms with Gasteiger partial charge in [0, 0.05) is 22.4 Å². The van der Waals surface area contributed by atoms with Crippen molar-refractivity contribution in [3.05, 3.63) is 39.3 Å². The van der Waals surface area contributed by atoms with E-state index in [1.807, 2.05) is 38.3 Å². The van der Waals surface area contributed by atoms with Crippen molar-refractivity contribution in [2.24, 2.45) is 0 Å². The average Bonchev–Trinajstić information content (AvgIpc) is 2.93. The highest BCUT2D eigenvalue weighted by Gasteiger charge is 2.16. The molecule has 0 saturated carbocycles. The van der Waals surface area contributed by atoms with Gasteiger partial charge in [-0.05, 0) is 32.4 Å². The fourth-order valence-electron chi connectivity index (χ4n) is 1.78. The number of hydrogen-bond acceptors (Lipinski definition) is 3. The molecular weight excluding hydrogens is 232 g/mol. The first-order chi connectivity index (χ1) is 8.15. The van der Waals surface area contributed by atoms with Gasteiger partial charge in [-0.3, -0.25) is 9.48 Å². The van der Waals surface area contributed by atoms with Crippen molar-refractivity contribution < 1.29 is 4.79 Å². The van der Waals surface area contributed by atoms with Gasteiger partial charge in [-0.25, -0.2) is 0 Å². The summed E-state index contributed by atoms with van der Waals surface area (Å²) in [5.74, 6) is 0.0726. The molecule has 2 heterocycles. The van der Waals surface area contributed by atoms with Gasteiger partial charge in [0.1, 0.15) is 5.69 Å². The predicted octanol–water partition coefficient (Wildman–Crippen LogP) is 3.07. The van der Waals surface area contributed by atoms with E-state index in [-0.39, 0.29) is 5.78 Å². The van der Waals surface area contributed by atoms with Crippen LogP contribution in [0.5, 0.6) is 0 Å². The molecule has 0 aliphatic rings. The topological polar surface area (TPSA) is 34.9 Å². The number of ketones is 1. The Morgan fingerprint density at radius 2 is 2.18 bits per heavy atom. The molecule has 0 radical (unpaired) electrons. The first-order valence-corrected chi connectivity index (χ1v) is 6.70. The molecule has 2 aromatic heterocycles. The van der Waals surface area contributed by atoms with Gasteiger partial charge >= 0.3 is 0 Å². The fourth-order valence-corrected chi connectivity index (χ4v) is 2.46. The Kier molecular flexibility index (Phi) is 3.43. The van der Waals surface area contributed by atoms with Crippen LogP contribution in [0.2, 0.25) is 0 Å². The Morgan fingerprint density at radius 1 is 1.41 bits per heavy atom. The third-order valence-electron chi connectivity index (χ3n) is 2.72. The van der Waals surface area contributed by atoms with Crippen molar-refractivity contribution in [1.29, 1.82) is 0 Å². The number of hydrogen-bond donors (Lipinski definition) is 0. The quantitative estimate of drug-likeness (QED) is 0.779. The van der Waals surface area contributed by atoms with Crippen molar-refractivity contribution >= 4 is 17.1 Å². The summed E-state index contributed by atoms with van der Waals surface area (Å²) in [6.07, 6.45) is 0.857. The van der Waals surface area contributed by atoms with Gasteiger partial charge in [0.2, 0.25) is 5.78 Å². The monoisotopic (exact) mass is 248 g/mol. The Hall–Kier alpha value is -1.42. The molecule has 17 heavy (non-hydrogen) atoms. The zero-order valence-electron chi connectivity index (χ0n) is 10.4. The van der Waals surface area contributed by atoms with Gasteiger partial charge in [-0.2, -0.15) is 5.10 Å². The summed E-state index contributed by atoms with van der Waals surface area (Å²) in [6, 6.07) is 3.84. The Bertz CT molecular complexity index is 539. The molecule has 0 spiro atoms. The maximum absolute atomic E-state index is 12.3. The number of thiophene rings is 1. The Balaban J connectivity index is 2.39. The normalized spacial score (nSPS) is 10.8. The van der Waals surface area contributed by atoms with Crippen LogP contribution in [0.15, 0.2) is 17.5 Å². The van der Waals surface area contributed by atoms with E-state index < -0.39 is 0 Å². The molecule has 90 valence electrons. The maximum atomic E-state index is 12.3. The highest BCUT2D eigenvalue weighted by atomic mass is 32.1. The summed E-state index contributed by atoms with van der Waals surface area (Å²) >= 11 is 1.60. The van der Waals surface area contributed by atoms with Crippen LogP contribution in [0.4, 0.5) is 0 Å².